The van der Waals surface area contributed by atoms with Crippen molar-refractivity contribution in [3.63, 3.8) is 0 Å². The summed E-state index contributed by atoms with van der Waals surface area (Å²) in [7, 11) is 0. The molecule has 1 aliphatic rings. The number of nitrogens with one attached hydrogen (secondary N) is 1. The van der Waals surface area contributed by atoms with E-state index < -0.39 is 35.2 Å². The van der Waals surface area contributed by atoms with Gasteiger partial charge in [0.1, 0.15) is 6.04 Å². The molecular weight excluding hydrogens is 302 g/mol. The van der Waals surface area contributed by atoms with Crippen LogP contribution in [-0.4, -0.2) is 51.8 Å². The summed E-state index contributed by atoms with van der Waals surface area (Å²) >= 11 is 0.802. The van der Waals surface area contributed by atoms with Crippen LogP contribution in [0.4, 0.5) is 5.00 Å². The molecular formula is C11H11N3O6S. The highest BCUT2D eigenvalue weighted by molar-refractivity contribution is 7.13. The van der Waals surface area contributed by atoms with Crippen LogP contribution in [0.3, 0.4) is 0 Å². The molecule has 2 heterocycles. The van der Waals surface area contributed by atoms with Crippen molar-refractivity contribution in [3.05, 3.63) is 27.1 Å². The van der Waals surface area contributed by atoms with Crippen LogP contribution in [0.1, 0.15) is 16.8 Å². The van der Waals surface area contributed by atoms with E-state index in [0.29, 0.717) is 0 Å². The highest BCUT2D eigenvalue weighted by Crippen LogP contribution is 2.24. The van der Waals surface area contributed by atoms with E-state index in [-0.39, 0.29) is 23.7 Å². The zero-order valence-corrected chi connectivity index (χ0v) is 11.5. The van der Waals surface area contributed by atoms with Crippen LogP contribution in [0.2, 0.25) is 0 Å². The number of carbonyl (C=O) groups excluding carboxylic acids is 2. The van der Waals surface area contributed by atoms with E-state index in [1.54, 1.807) is 0 Å². The fraction of sp³-hybridized carbons (Fsp3) is 0.364. The van der Waals surface area contributed by atoms with E-state index in [1.807, 2.05) is 0 Å². The van der Waals surface area contributed by atoms with Crippen molar-refractivity contribution in [1.82, 2.24) is 10.2 Å². The third-order valence-corrected chi connectivity index (χ3v) is 3.85. The Balaban J connectivity index is 2.23. The zero-order chi connectivity index (χ0) is 15.6. The lowest BCUT2D eigenvalue weighted by atomic mass is 10.1. The van der Waals surface area contributed by atoms with Gasteiger partial charge in [0, 0.05) is 24.5 Å². The number of carbonyl (C=O) groups is 3. The second kappa shape index (κ2) is 5.87. The zero-order valence-electron chi connectivity index (χ0n) is 10.6. The molecule has 1 fully saturated rings. The maximum absolute atomic E-state index is 12.3. The van der Waals surface area contributed by atoms with Crippen molar-refractivity contribution in [3.8, 4) is 0 Å². The Labute approximate surface area is 122 Å². The summed E-state index contributed by atoms with van der Waals surface area (Å²) < 4.78 is 0. The second-order valence-corrected chi connectivity index (χ2v) is 5.22. The van der Waals surface area contributed by atoms with Gasteiger partial charge in [-0.15, -0.1) is 0 Å². The molecule has 112 valence electrons. The molecule has 1 saturated heterocycles. The number of nitrogens with zero attached hydrogens (tertiary/aromatic N) is 2. The summed E-state index contributed by atoms with van der Waals surface area (Å²) in [5.74, 6) is -2.33. The fourth-order valence-electron chi connectivity index (χ4n) is 2.02. The number of hydrogen-bond acceptors (Lipinski definition) is 6. The molecule has 1 atom stereocenters. The van der Waals surface area contributed by atoms with Gasteiger partial charge in [0.15, 0.2) is 0 Å². The van der Waals surface area contributed by atoms with Gasteiger partial charge in [-0.1, -0.05) is 11.3 Å². The van der Waals surface area contributed by atoms with E-state index in [2.05, 4.69) is 5.32 Å². The molecule has 0 bridgehead atoms. The van der Waals surface area contributed by atoms with Crippen molar-refractivity contribution < 1.29 is 24.4 Å². The summed E-state index contributed by atoms with van der Waals surface area (Å²) in [4.78, 5) is 46.0. The lowest BCUT2D eigenvalue weighted by Crippen LogP contribution is -2.57. The molecule has 21 heavy (non-hydrogen) atoms. The molecule has 2 amide bonds. The average molecular weight is 313 g/mol. The number of carboxylic acids is 1. The van der Waals surface area contributed by atoms with Crippen LogP contribution in [0.15, 0.2) is 11.4 Å². The molecule has 10 heteroatoms. The van der Waals surface area contributed by atoms with Gasteiger partial charge in [0.2, 0.25) is 5.91 Å². The van der Waals surface area contributed by atoms with Gasteiger partial charge in [0.05, 0.1) is 16.9 Å². The van der Waals surface area contributed by atoms with Crippen molar-refractivity contribution >= 4 is 34.1 Å². The molecule has 9 nitrogen and oxygen atoms in total. The number of carboxylic acid groups (broad SMARTS) is 1. The molecule has 1 unspecified atom stereocenters. The Bertz CT molecular complexity index is 613. The van der Waals surface area contributed by atoms with Crippen LogP contribution in [0.5, 0.6) is 0 Å². The van der Waals surface area contributed by atoms with E-state index in [9.17, 15) is 24.5 Å². The molecule has 2 N–H and O–H groups in total. The van der Waals surface area contributed by atoms with Gasteiger partial charge in [-0.25, -0.2) is 0 Å². The third-order valence-electron chi connectivity index (χ3n) is 2.97. The van der Waals surface area contributed by atoms with Gasteiger partial charge in [-0.3, -0.25) is 24.5 Å². The first kappa shape index (κ1) is 14.9. The molecule has 1 aliphatic heterocycles. The molecule has 1 aromatic heterocycles. The number of aliphatic carboxylic acids is 1. The van der Waals surface area contributed by atoms with Gasteiger partial charge >= 0.3 is 11.0 Å². The lowest BCUT2D eigenvalue weighted by molar-refractivity contribution is -0.380. The SMILES string of the molecule is O=C(O)CC1C(=O)NCCN1C(=O)c1csc([N+](=O)[O-])c1. The smallest absolute Gasteiger partial charge is 0.324 e. The van der Waals surface area contributed by atoms with Crippen LogP contribution in [0.25, 0.3) is 0 Å². The van der Waals surface area contributed by atoms with E-state index in [0.717, 1.165) is 22.3 Å². The van der Waals surface area contributed by atoms with E-state index in [1.165, 1.54) is 5.38 Å². The predicted molar refractivity (Wildman–Crippen MR) is 71.1 cm³/mol. The normalized spacial score (nSPS) is 18.2. The Kier molecular flexibility index (Phi) is 4.17. The van der Waals surface area contributed by atoms with E-state index in [4.69, 9.17) is 5.11 Å². The maximum atomic E-state index is 12.3. The quantitative estimate of drug-likeness (QED) is 0.597. The molecule has 0 aromatic carbocycles. The Morgan fingerprint density at radius 1 is 1.57 bits per heavy atom. The molecule has 1 aromatic rings. The standard InChI is InChI=1S/C11H11N3O6S/c15-9(16)4-7-10(17)12-1-2-13(7)11(18)6-3-8(14(19)20)21-5-6/h3,5,7H,1-2,4H2,(H,12,17)(H,15,16). The number of nitro groups is 1. The topological polar surface area (TPSA) is 130 Å². The number of hydrogen-bond donors (Lipinski definition) is 2. The maximum Gasteiger partial charge on any atom is 0.324 e. The average Bonchev–Trinajstić information content (AvgIpc) is 2.89. The summed E-state index contributed by atoms with van der Waals surface area (Å²) in [6, 6.07) is 0.0138. The van der Waals surface area contributed by atoms with Crippen molar-refractivity contribution in [2.45, 2.75) is 12.5 Å². The first-order chi connectivity index (χ1) is 9.90. The first-order valence-electron chi connectivity index (χ1n) is 5.93. The van der Waals surface area contributed by atoms with Crippen LogP contribution < -0.4 is 5.32 Å². The monoisotopic (exact) mass is 313 g/mol. The minimum Gasteiger partial charge on any atom is -0.481 e. The Hall–Kier alpha value is -2.49. The van der Waals surface area contributed by atoms with Crippen molar-refractivity contribution in [1.29, 1.82) is 0 Å². The molecule has 0 aliphatic carbocycles. The Morgan fingerprint density at radius 3 is 2.86 bits per heavy atom. The minimum absolute atomic E-state index is 0.0804. The van der Waals surface area contributed by atoms with E-state index >= 15 is 0 Å². The predicted octanol–water partition coefficient (Wildman–Crippen LogP) is 0.0716. The number of rotatable bonds is 4. The molecule has 0 radical (unpaired) electrons. The highest BCUT2D eigenvalue weighted by atomic mass is 32.1. The summed E-state index contributed by atoms with van der Waals surface area (Å²) in [5.41, 5.74) is 0.0804. The summed E-state index contributed by atoms with van der Waals surface area (Å²) in [6.07, 6.45) is -0.510. The molecule has 2 rings (SSSR count). The van der Waals surface area contributed by atoms with Crippen molar-refractivity contribution in [2.75, 3.05) is 13.1 Å². The Morgan fingerprint density at radius 2 is 2.29 bits per heavy atom. The number of piperazine rings is 1. The lowest BCUT2D eigenvalue weighted by Gasteiger charge is -2.34. The summed E-state index contributed by atoms with van der Waals surface area (Å²) in [6.45, 7) is 0.374. The van der Waals surface area contributed by atoms with Crippen LogP contribution in [0, 0.1) is 10.1 Å². The van der Waals surface area contributed by atoms with Crippen molar-refractivity contribution in [2.24, 2.45) is 0 Å². The largest absolute Gasteiger partial charge is 0.481 e. The molecule has 0 spiro atoms. The first-order valence-corrected chi connectivity index (χ1v) is 6.81. The number of thiophene rings is 1. The summed E-state index contributed by atoms with van der Waals surface area (Å²) in [5, 5.41) is 23.1. The molecule has 0 saturated carbocycles. The second-order valence-electron chi connectivity index (χ2n) is 4.33. The number of amides is 2. The fourth-order valence-corrected chi connectivity index (χ4v) is 2.72. The minimum atomic E-state index is -1.20. The van der Waals surface area contributed by atoms with Gasteiger partial charge < -0.3 is 15.3 Å². The highest BCUT2D eigenvalue weighted by Gasteiger charge is 2.35. The van der Waals surface area contributed by atoms with Gasteiger partial charge in [0.25, 0.3) is 5.91 Å². The third kappa shape index (κ3) is 3.16. The van der Waals surface area contributed by atoms with Gasteiger partial charge in [-0.2, -0.15) is 0 Å². The van der Waals surface area contributed by atoms with Crippen LogP contribution >= 0.6 is 11.3 Å². The van der Waals surface area contributed by atoms with Crippen LogP contribution in [-0.2, 0) is 9.59 Å². The van der Waals surface area contributed by atoms with Gasteiger partial charge in [-0.05, 0) is 0 Å².